The van der Waals surface area contributed by atoms with Crippen molar-refractivity contribution >= 4 is 35.8 Å². The van der Waals surface area contributed by atoms with E-state index in [0.717, 1.165) is 32.0 Å². The second-order valence-electron chi connectivity index (χ2n) is 6.76. The predicted molar refractivity (Wildman–Crippen MR) is 101 cm³/mol. The van der Waals surface area contributed by atoms with Gasteiger partial charge < -0.3 is 20.7 Å². The molecule has 0 aromatic heterocycles. The van der Waals surface area contributed by atoms with Crippen molar-refractivity contribution in [2.24, 2.45) is 10.4 Å². The highest BCUT2D eigenvalue weighted by atomic mass is 127. The van der Waals surface area contributed by atoms with Crippen LogP contribution in [0.5, 0.6) is 0 Å². The Morgan fingerprint density at radius 3 is 2.36 bits per heavy atom. The van der Waals surface area contributed by atoms with Gasteiger partial charge in [-0.3, -0.25) is 9.79 Å². The number of hydrogen-bond donors (Lipinski definition) is 3. The van der Waals surface area contributed by atoms with Gasteiger partial charge >= 0.3 is 0 Å². The Hall–Kier alpha value is -0.570. The highest BCUT2D eigenvalue weighted by molar-refractivity contribution is 14.0. The lowest BCUT2D eigenvalue weighted by Gasteiger charge is -2.24. The first kappa shape index (κ1) is 21.4. The number of hydrogen-bond acceptors (Lipinski definition) is 3. The maximum absolute atomic E-state index is 11.7. The Labute approximate surface area is 151 Å². The van der Waals surface area contributed by atoms with E-state index >= 15 is 0 Å². The second-order valence-corrected chi connectivity index (χ2v) is 6.76. The molecule has 1 fully saturated rings. The van der Waals surface area contributed by atoms with E-state index in [1.54, 1.807) is 7.05 Å². The molecule has 22 heavy (non-hydrogen) atoms. The van der Waals surface area contributed by atoms with Gasteiger partial charge in [-0.1, -0.05) is 20.8 Å². The molecule has 1 amide bonds. The van der Waals surface area contributed by atoms with Crippen LogP contribution in [0.2, 0.25) is 0 Å². The highest BCUT2D eigenvalue weighted by Gasteiger charge is 2.29. The minimum Gasteiger partial charge on any atom is -0.373 e. The zero-order chi connectivity index (χ0) is 15.9. The molecule has 0 radical (unpaired) electrons. The van der Waals surface area contributed by atoms with Gasteiger partial charge in [-0.15, -0.1) is 24.0 Å². The summed E-state index contributed by atoms with van der Waals surface area (Å²) in [5.74, 6) is 0.788. The number of amides is 1. The smallest absolute Gasteiger partial charge is 0.225 e. The second kappa shape index (κ2) is 9.54. The fourth-order valence-electron chi connectivity index (χ4n) is 2.09. The Morgan fingerprint density at radius 1 is 1.23 bits per heavy atom. The van der Waals surface area contributed by atoms with Crippen LogP contribution < -0.4 is 16.0 Å². The molecule has 1 rings (SSSR count). The predicted octanol–water partition coefficient (Wildman–Crippen LogP) is 1.50. The molecule has 1 aliphatic heterocycles. The molecule has 0 saturated carbocycles. The summed E-state index contributed by atoms with van der Waals surface area (Å²) in [6, 6.07) is 0. The van der Waals surface area contributed by atoms with Crippen LogP contribution in [0.25, 0.3) is 0 Å². The van der Waals surface area contributed by atoms with E-state index in [0.29, 0.717) is 13.1 Å². The molecule has 0 aliphatic carbocycles. The van der Waals surface area contributed by atoms with Crippen LogP contribution in [0.1, 0.15) is 40.5 Å². The van der Waals surface area contributed by atoms with Crippen LogP contribution in [0.15, 0.2) is 4.99 Å². The number of nitrogens with zero attached hydrogens (tertiary/aromatic N) is 1. The van der Waals surface area contributed by atoms with E-state index < -0.39 is 0 Å². The molecule has 0 aromatic rings. The molecular weight excluding hydrogens is 395 g/mol. The first-order chi connectivity index (χ1) is 9.77. The van der Waals surface area contributed by atoms with Gasteiger partial charge in [0.05, 0.1) is 5.60 Å². The molecule has 7 heteroatoms. The maximum Gasteiger partial charge on any atom is 0.225 e. The molecule has 1 heterocycles. The van der Waals surface area contributed by atoms with E-state index in [4.69, 9.17) is 4.74 Å². The van der Waals surface area contributed by atoms with Gasteiger partial charge in [-0.05, 0) is 19.8 Å². The minimum atomic E-state index is -0.353. The van der Waals surface area contributed by atoms with E-state index in [1.165, 1.54) is 0 Å². The summed E-state index contributed by atoms with van der Waals surface area (Å²) in [4.78, 5) is 15.9. The monoisotopic (exact) mass is 426 g/mol. The highest BCUT2D eigenvalue weighted by Crippen LogP contribution is 2.23. The Balaban J connectivity index is 0.00000441. The van der Waals surface area contributed by atoms with Crippen LogP contribution in [0, 0.1) is 5.41 Å². The van der Waals surface area contributed by atoms with Gasteiger partial charge in [0.2, 0.25) is 5.91 Å². The van der Waals surface area contributed by atoms with Gasteiger partial charge in [-0.2, -0.15) is 0 Å². The molecule has 1 saturated heterocycles. The van der Waals surface area contributed by atoms with Crippen molar-refractivity contribution in [1.29, 1.82) is 0 Å². The van der Waals surface area contributed by atoms with Crippen molar-refractivity contribution in [1.82, 2.24) is 16.0 Å². The number of rotatable bonds is 5. The third-order valence-corrected chi connectivity index (χ3v) is 3.54. The van der Waals surface area contributed by atoms with Crippen molar-refractivity contribution < 1.29 is 9.53 Å². The van der Waals surface area contributed by atoms with Gasteiger partial charge in [-0.25, -0.2) is 0 Å². The molecule has 6 nitrogen and oxygen atoms in total. The summed E-state index contributed by atoms with van der Waals surface area (Å²) in [5, 5.41) is 9.36. The Bertz CT molecular complexity index is 374. The Kier molecular flexibility index (Phi) is 9.30. The third-order valence-electron chi connectivity index (χ3n) is 3.54. The number of guanidine groups is 1. The van der Waals surface area contributed by atoms with Crippen molar-refractivity contribution in [2.45, 2.75) is 46.1 Å². The number of aliphatic imine (C=N–C) groups is 1. The number of carbonyl (C=O) groups is 1. The van der Waals surface area contributed by atoms with E-state index in [-0.39, 0.29) is 40.9 Å². The molecule has 130 valence electrons. The fraction of sp³-hybridized carbons (Fsp3) is 0.867. The standard InChI is InChI=1S/C15H30N4O2.HI/c1-14(2,3)12(20)17-8-9-18-13(16-5)19-11-15(4)7-6-10-21-15;/h6-11H2,1-5H3,(H,17,20)(H2,16,18,19);1H. The lowest BCUT2D eigenvalue weighted by molar-refractivity contribution is -0.128. The molecule has 1 atom stereocenters. The Morgan fingerprint density at radius 2 is 1.86 bits per heavy atom. The van der Waals surface area contributed by atoms with Crippen LogP contribution in [-0.4, -0.2) is 50.8 Å². The first-order valence-electron chi connectivity index (χ1n) is 7.64. The molecule has 1 unspecified atom stereocenters. The zero-order valence-corrected chi connectivity index (χ0v) is 16.7. The number of carbonyl (C=O) groups excluding carboxylic acids is 1. The zero-order valence-electron chi connectivity index (χ0n) is 14.4. The summed E-state index contributed by atoms with van der Waals surface area (Å²) in [6.07, 6.45) is 2.18. The summed E-state index contributed by atoms with van der Waals surface area (Å²) in [6.45, 7) is 10.6. The van der Waals surface area contributed by atoms with Crippen LogP contribution >= 0.6 is 24.0 Å². The van der Waals surface area contributed by atoms with E-state index in [9.17, 15) is 4.79 Å². The van der Waals surface area contributed by atoms with Crippen molar-refractivity contribution in [2.75, 3.05) is 33.3 Å². The topological polar surface area (TPSA) is 74.8 Å². The largest absolute Gasteiger partial charge is 0.373 e. The average molecular weight is 426 g/mol. The number of nitrogens with one attached hydrogen (secondary N) is 3. The molecule has 0 aromatic carbocycles. The van der Waals surface area contributed by atoms with Crippen LogP contribution in [-0.2, 0) is 9.53 Å². The summed E-state index contributed by atoms with van der Waals surface area (Å²) in [7, 11) is 1.74. The van der Waals surface area contributed by atoms with Crippen molar-refractivity contribution in [3.8, 4) is 0 Å². The first-order valence-corrected chi connectivity index (χ1v) is 7.64. The average Bonchev–Trinajstić information content (AvgIpc) is 2.84. The summed E-state index contributed by atoms with van der Waals surface area (Å²) < 4.78 is 5.73. The molecular formula is C15H31IN4O2. The molecule has 1 aliphatic rings. The SMILES string of the molecule is CN=C(NCCNC(=O)C(C)(C)C)NCC1(C)CCCO1.I. The van der Waals surface area contributed by atoms with Crippen LogP contribution in [0.4, 0.5) is 0 Å². The van der Waals surface area contributed by atoms with Gasteiger partial charge in [0.1, 0.15) is 0 Å². The quantitative estimate of drug-likeness (QED) is 0.270. The van der Waals surface area contributed by atoms with Crippen molar-refractivity contribution in [3.05, 3.63) is 0 Å². The molecule has 0 spiro atoms. The number of ether oxygens (including phenoxy) is 1. The summed E-state index contributed by atoms with van der Waals surface area (Å²) >= 11 is 0. The normalized spacial score (nSPS) is 22.0. The fourth-order valence-corrected chi connectivity index (χ4v) is 2.09. The lowest BCUT2D eigenvalue weighted by Crippen LogP contribution is -2.47. The van der Waals surface area contributed by atoms with E-state index in [2.05, 4.69) is 27.9 Å². The van der Waals surface area contributed by atoms with Crippen LogP contribution in [0.3, 0.4) is 0 Å². The van der Waals surface area contributed by atoms with Gasteiger partial charge in [0, 0.05) is 38.7 Å². The van der Waals surface area contributed by atoms with Crippen molar-refractivity contribution in [3.63, 3.8) is 0 Å². The minimum absolute atomic E-state index is 0. The van der Waals surface area contributed by atoms with E-state index in [1.807, 2.05) is 20.8 Å². The molecule has 3 N–H and O–H groups in total. The lowest BCUT2D eigenvalue weighted by atomic mass is 9.96. The summed E-state index contributed by atoms with van der Waals surface area (Å²) in [5.41, 5.74) is -0.452. The number of halogens is 1. The van der Waals surface area contributed by atoms with Gasteiger partial charge in [0.25, 0.3) is 0 Å². The van der Waals surface area contributed by atoms with Gasteiger partial charge in [0.15, 0.2) is 5.96 Å². The molecule has 0 bridgehead atoms. The maximum atomic E-state index is 11.7. The third kappa shape index (κ3) is 7.62.